The van der Waals surface area contributed by atoms with Crippen molar-refractivity contribution in [2.24, 2.45) is 5.73 Å². The highest BCUT2D eigenvalue weighted by atomic mass is 15.2. The molecule has 3 rings (SSSR count). The number of rotatable bonds is 1. The monoisotopic (exact) mass is 228 g/mol. The molecule has 2 atom stereocenters. The van der Waals surface area contributed by atoms with Crippen LogP contribution in [0.1, 0.15) is 31.4 Å². The van der Waals surface area contributed by atoms with E-state index >= 15 is 0 Å². The summed E-state index contributed by atoms with van der Waals surface area (Å²) in [6, 6.07) is 7.35. The molecule has 4 nitrogen and oxygen atoms in total. The van der Waals surface area contributed by atoms with E-state index in [9.17, 15) is 0 Å². The van der Waals surface area contributed by atoms with E-state index in [-0.39, 0.29) is 0 Å². The summed E-state index contributed by atoms with van der Waals surface area (Å²) in [4.78, 5) is 6.61. The van der Waals surface area contributed by atoms with Crippen LogP contribution < -0.4 is 10.6 Å². The minimum atomic E-state index is 0.357. The average molecular weight is 228 g/mol. The molecule has 2 bridgehead atoms. The lowest BCUT2D eigenvalue weighted by atomic mass is 9.98. The highest BCUT2D eigenvalue weighted by Gasteiger charge is 2.39. The van der Waals surface area contributed by atoms with Crippen molar-refractivity contribution in [1.82, 2.24) is 4.98 Å². The fraction of sp³-hybridized carbons (Fsp3) is 0.538. The van der Waals surface area contributed by atoms with Crippen molar-refractivity contribution < 1.29 is 0 Å². The van der Waals surface area contributed by atoms with E-state index < -0.39 is 0 Å². The van der Waals surface area contributed by atoms with Gasteiger partial charge in [0.15, 0.2) is 0 Å². The standard InChI is InChI=1S/C13H16N4/c14-7-10-1-2-13(8-16-10)17-11-3-4-12(17)6-9(15)5-11/h1-2,8-9,11-12H,3-6,15H2. The van der Waals surface area contributed by atoms with Gasteiger partial charge >= 0.3 is 0 Å². The number of nitrogens with zero attached hydrogens (tertiary/aromatic N) is 3. The number of nitrogens with two attached hydrogens (primary N) is 1. The quantitative estimate of drug-likeness (QED) is 0.789. The van der Waals surface area contributed by atoms with Crippen molar-refractivity contribution in [3.05, 3.63) is 24.0 Å². The molecular formula is C13H16N4. The minimum absolute atomic E-state index is 0.357. The van der Waals surface area contributed by atoms with Gasteiger partial charge in [-0.3, -0.25) is 0 Å². The van der Waals surface area contributed by atoms with Crippen molar-refractivity contribution in [2.45, 2.75) is 43.8 Å². The van der Waals surface area contributed by atoms with Crippen molar-refractivity contribution >= 4 is 5.69 Å². The molecule has 0 aliphatic carbocycles. The highest BCUT2D eigenvalue weighted by Crippen LogP contribution is 2.38. The Labute approximate surface area is 101 Å². The Bertz CT molecular complexity index is 433. The zero-order valence-electron chi connectivity index (χ0n) is 9.71. The second-order valence-corrected chi connectivity index (χ2v) is 5.04. The molecule has 2 fully saturated rings. The van der Waals surface area contributed by atoms with Crippen LogP contribution >= 0.6 is 0 Å². The fourth-order valence-corrected chi connectivity index (χ4v) is 3.25. The Morgan fingerprint density at radius 2 is 2.00 bits per heavy atom. The number of pyridine rings is 1. The molecule has 17 heavy (non-hydrogen) atoms. The van der Waals surface area contributed by atoms with Crippen LogP contribution in [-0.2, 0) is 0 Å². The zero-order valence-corrected chi connectivity index (χ0v) is 9.71. The maximum Gasteiger partial charge on any atom is 0.140 e. The van der Waals surface area contributed by atoms with Gasteiger partial charge in [-0.05, 0) is 37.8 Å². The van der Waals surface area contributed by atoms with Gasteiger partial charge in [-0.25, -0.2) is 4.98 Å². The van der Waals surface area contributed by atoms with E-state index in [1.54, 1.807) is 6.07 Å². The van der Waals surface area contributed by atoms with Crippen LogP contribution in [0.25, 0.3) is 0 Å². The van der Waals surface area contributed by atoms with Crippen LogP contribution in [0.4, 0.5) is 5.69 Å². The first-order chi connectivity index (χ1) is 8.28. The molecule has 0 spiro atoms. The first kappa shape index (κ1) is 10.5. The fourth-order valence-electron chi connectivity index (χ4n) is 3.25. The van der Waals surface area contributed by atoms with E-state index in [2.05, 4.69) is 16.0 Å². The number of hydrogen-bond donors (Lipinski definition) is 1. The molecule has 3 heterocycles. The molecule has 1 aromatic rings. The van der Waals surface area contributed by atoms with E-state index in [4.69, 9.17) is 11.0 Å². The van der Waals surface area contributed by atoms with Crippen LogP contribution in [0.15, 0.2) is 18.3 Å². The van der Waals surface area contributed by atoms with Gasteiger partial charge in [0.25, 0.3) is 0 Å². The Morgan fingerprint density at radius 1 is 1.29 bits per heavy atom. The normalized spacial score (nSPS) is 31.3. The van der Waals surface area contributed by atoms with Gasteiger partial charge < -0.3 is 10.6 Å². The molecule has 4 heteroatoms. The number of anilines is 1. The second kappa shape index (κ2) is 4.01. The third kappa shape index (κ3) is 1.77. The Morgan fingerprint density at radius 3 is 2.53 bits per heavy atom. The van der Waals surface area contributed by atoms with Gasteiger partial charge in [-0.1, -0.05) is 0 Å². The molecule has 2 N–H and O–H groups in total. The average Bonchev–Trinajstić information content (AvgIpc) is 2.62. The van der Waals surface area contributed by atoms with Crippen LogP contribution in [0, 0.1) is 11.3 Å². The molecule has 0 aromatic carbocycles. The van der Waals surface area contributed by atoms with Gasteiger partial charge in [0.2, 0.25) is 0 Å². The lowest BCUT2D eigenvalue weighted by molar-refractivity contribution is 0.414. The molecule has 0 amide bonds. The summed E-state index contributed by atoms with van der Waals surface area (Å²) in [7, 11) is 0. The molecule has 2 aliphatic heterocycles. The van der Waals surface area contributed by atoms with Crippen LogP contribution in [-0.4, -0.2) is 23.1 Å². The smallest absolute Gasteiger partial charge is 0.140 e. The number of piperidine rings is 1. The SMILES string of the molecule is N#Cc1ccc(N2C3CCC2CC(N)C3)cn1. The van der Waals surface area contributed by atoms with Gasteiger partial charge in [-0.15, -0.1) is 0 Å². The summed E-state index contributed by atoms with van der Waals surface area (Å²) < 4.78 is 0. The molecule has 88 valence electrons. The largest absolute Gasteiger partial charge is 0.364 e. The number of hydrogen-bond acceptors (Lipinski definition) is 4. The van der Waals surface area contributed by atoms with Gasteiger partial charge in [0, 0.05) is 18.1 Å². The summed E-state index contributed by atoms with van der Waals surface area (Å²) in [6.07, 6.45) is 6.45. The molecule has 0 radical (unpaired) electrons. The van der Waals surface area contributed by atoms with Crippen molar-refractivity contribution in [1.29, 1.82) is 5.26 Å². The molecule has 2 aliphatic rings. The summed E-state index contributed by atoms with van der Waals surface area (Å²) >= 11 is 0. The third-order valence-electron chi connectivity index (χ3n) is 3.93. The summed E-state index contributed by atoms with van der Waals surface area (Å²) in [5.74, 6) is 0. The summed E-state index contributed by atoms with van der Waals surface area (Å²) in [5, 5.41) is 8.75. The van der Waals surface area contributed by atoms with Crippen LogP contribution in [0.3, 0.4) is 0 Å². The number of fused-ring (bicyclic) bond motifs is 2. The third-order valence-corrected chi connectivity index (χ3v) is 3.93. The topological polar surface area (TPSA) is 65.9 Å². The summed E-state index contributed by atoms with van der Waals surface area (Å²) in [5.41, 5.74) is 7.68. The Kier molecular flexibility index (Phi) is 2.49. The lowest BCUT2D eigenvalue weighted by Crippen LogP contribution is -2.47. The van der Waals surface area contributed by atoms with E-state index in [1.165, 1.54) is 12.8 Å². The first-order valence-electron chi connectivity index (χ1n) is 6.18. The highest BCUT2D eigenvalue weighted by molar-refractivity contribution is 5.50. The second-order valence-electron chi connectivity index (χ2n) is 5.04. The zero-order chi connectivity index (χ0) is 11.8. The number of nitriles is 1. The van der Waals surface area contributed by atoms with Crippen molar-refractivity contribution in [2.75, 3.05) is 4.90 Å². The molecule has 1 aromatic heterocycles. The van der Waals surface area contributed by atoms with Gasteiger partial charge in [0.1, 0.15) is 11.8 Å². The molecule has 2 saturated heterocycles. The Balaban J connectivity index is 1.87. The van der Waals surface area contributed by atoms with Crippen LogP contribution in [0.2, 0.25) is 0 Å². The molecule has 0 saturated carbocycles. The van der Waals surface area contributed by atoms with E-state index in [1.807, 2.05) is 12.3 Å². The predicted octanol–water partition coefficient (Wildman–Crippen LogP) is 1.41. The van der Waals surface area contributed by atoms with E-state index in [0.29, 0.717) is 23.8 Å². The van der Waals surface area contributed by atoms with Crippen molar-refractivity contribution in [3.63, 3.8) is 0 Å². The summed E-state index contributed by atoms with van der Waals surface area (Å²) in [6.45, 7) is 0. The van der Waals surface area contributed by atoms with E-state index in [0.717, 1.165) is 18.5 Å². The number of aromatic nitrogens is 1. The first-order valence-corrected chi connectivity index (χ1v) is 6.18. The maximum absolute atomic E-state index is 8.75. The van der Waals surface area contributed by atoms with Crippen molar-refractivity contribution in [3.8, 4) is 6.07 Å². The maximum atomic E-state index is 8.75. The Hall–Kier alpha value is -1.60. The molecular weight excluding hydrogens is 212 g/mol. The molecule has 2 unspecified atom stereocenters. The van der Waals surface area contributed by atoms with Gasteiger partial charge in [-0.2, -0.15) is 5.26 Å². The minimum Gasteiger partial charge on any atom is -0.364 e. The van der Waals surface area contributed by atoms with Crippen LogP contribution in [0.5, 0.6) is 0 Å². The van der Waals surface area contributed by atoms with Gasteiger partial charge in [0.05, 0.1) is 11.9 Å². The predicted molar refractivity (Wildman–Crippen MR) is 65.5 cm³/mol. The lowest BCUT2D eigenvalue weighted by Gasteiger charge is -2.39.